The van der Waals surface area contributed by atoms with Crippen LogP contribution in [-0.4, -0.2) is 30.3 Å². The van der Waals surface area contributed by atoms with Gasteiger partial charge in [-0.15, -0.1) is 11.8 Å². The summed E-state index contributed by atoms with van der Waals surface area (Å²) in [7, 11) is 1.67. The van der Waals surface area contributed by atoms with E-state index >= 15 is 0 Å². The minimum atomic E-state index is -0.0337. The highest BCUT2D eigenvalue weighted by Crippen LogP contribution is 2.38. The first-order chi connectivity index (χ1) is 14.7. The predicted molar refractivity (Wildman–Crippen MR) is 125 cm³/mol. The normalized spacial score (nSPS) is 10.9. The zero-order chi connectivity index (χ0) is 20.9. The molecule has 152 valence electrons. The minimum Gasteiger partial charge on any atom is -0.497 e. The Morgan fingerprint density at radius 3 is 2.60 bits per heavy atom. The van der Waals surface area contributed by atoms with Crippen LogP contribution in [0.4, 0.5) is 0 Å². The van der Waals surface area contributed by atoms with Gasteiger partial charge in [-0.1, -0.05) is 35.9 Å². The average molecular weight is 417 g/mol. The number of thioether (sulfide) groups is 1. The smallest absolute Gasteiger partial charge is 0.251 e. The van der Waals surface area contributed by atoms with Gasteiger partial charge >= 0.3 is 0 Å². The Morgan fingerprint density at radius 1 is 1.03 bits per heavy atom. The highest BCUT2D eigenvalue weighted by molar-refractivity contribution is 7.99. The second kappa shape index (κ2) is 9.09. The third-order valence-corrected chi connectivity index (χ3v) is 6.07. The molecule has 0 aliphatic carbocycles. The molecule has 0 fully saturated rings. The molecule has 1 amide bonds. The molecule has 0 radical (unpaired) electrons. The van der Waals surface area contributed by atoms with Crippen LogP contribution < -0.4 is 10.1 Å². The van der Waals surface area contributed by atoms with Crippen molar-refractivity contribution in [3.05, 3.63) is 83.9 Å². The molecule has 0 saturated heterocycles. The van der Waals surface area contributed by atoms with E-state index in [9.17, 15) is 4.79 Å². The Balaban J connectivity index is 1.49. The van der Waals surface area contributed by atoms with Gasteiger partial charge in [0.25, 0.3) is 5.91 Å². The van der Waals surface area contributed by atoms with Crippen LogP contribution in [0.2, 0.25) is 0 Å². The first-order valence-corrected chi connectivity index (χ1v) is 10.9. The highest BCUT2D eigenvalue weighted by Gasteiger charge is 2.14. The number of fused-ring (bicyclic) bond motifs is 1. The summed E-state index contributed by atoms with van der Waals surface area (Å²) in [5.41, 5.74) is 5.09. The van der Waals surface area contributed by atoms with Crippen LogP contribution in [-0.2, 0) is 0 Å². The summed E-state index contributed by atoms with van der Waals surface area (Å²) >= 11 is 1.75. The van der Waals surface area contributed by atoms with Gasteiger partial charge in [0.1, 0.15) is 5.75 Å². The fraction of sp³-hybridized carbons (Fsp3) is 0.160. The maximum Gasteiger partial charge on any atom is 0.251 e. The van der Waals surface area contributed by atoms with E-state index in [0.717, 1.165) is 33.8 Å². The molecular formula is C25H24N2O2S. The first-order valence-electron chi connectivity index (χ1n) is 9.88. The average Bonchev–Trinajstić information content (AvgIpc) is 3.15. The Labute approximate surface area is 180 Å². The van der Waals surface area contributed by atoms with E-state index < -0.39 is 0 Å². The molecule has 0 spiro atoms. The third kappa shape index (κ3) is 4.36. The van der Waals surface area contributed by atoms with Crippen LogP contribution in [0.1, 0.15) is 15.9 Å². The minimum absolute atomic E-state index is 0.0337. The number of carbonyl (C=O) groups is 1. The van der Waals surface area contributed by atoms with Gasteiger partial charge in [-0.05, 0) is 55.0 Å². The lowest BCUT2D eigenvalue weighted by molar-refractivity contribution is 0.0956. The summed E-state index contributed by atoms with van der Waals surface area (Å²) in [4.78, 5) is 17.1. The van der Waals surface area contributed by atoms with Crippen LogP contribution in [0, 0.1) is 6.92 Å². The number of carbonyl (C=O) groups excluding carboxylic acids is 1. The molecule has 0 unspecified atom stereocenters. The van der Waals surface area contributed by atoms with Gasteiger partial charge < -0.3 is 15.0 Å². The largest absolute Gasteiger partial charge is 0.497 e. The summed E-state index contributed by atoms with van der Waals surface area (Å²) in [6, 6.07) is 24.0. The quantitative estimate of drug-likeness (QED) is 0.301. The van der Waals surface area contributed by atoms with E-state index in [0.29, 0.717) is 12.1 Å². The number of hydrogen-bond acceptors (Lipinski definition) is 3. The number of aromatic amines is 1. The number of aryl methyl sites for hydroxylation is 1. The van der Waals surface area contributed by atoms with Crippen LogP contribution in [0.25, 0.3) is 22.2 Å². The Bertz CT molecular complexity index is 1170. The monoisotopic (exact) mass is 416 g/mol. The van der Waals surface area contributed by atoms with E-state index in [-0.39, 0.29) is 5.91 Å². The Hall–Kier alpha value is -3.18. The second-order valence-electron chi connectivity index (χ2n) is 7.08. The molecule has 0 atom stereocenters. The lowest BCUT2D eigenvalue weighted by Gasteiger charge is -2.08. The first kappa shape index (κ1) is 20.1. The van der Waals surface area contributed by atoms with Gasteiger partial charge in [0.2, 0.25) is 0 Å². The number of nitrogens with one attached hydrogen (secondary N) is 2. The summed E-state index contributed by atoms with van der Waals surface area (Å²) in [6.45, 7) is 2.59. The van der Waals surface area contributed by atoms with Crippen molar-refractivity contribution in [3.8, 4) is 17.0 Å². The standard InChI is InChI=1S/C25H24N2O2S/c1-17-6-5-7-19(16-17)25(28)26-14-15-30-24-21-8-3-4-9-22(21)27-23(24)18-10-12-20(29-2)13-11-18/h3-13,16,27H,14-15H2,1-2H3,(H,26,28). The van der Waals surface area contributed by atoms with Gasteiger partial charge in [-0.2, -0.15) is 0 Å². The van der Waals surface area contributed by atoms with Crippen LogP contribution in [0.15, 0.2) is 77.7 Å². The van der Waals surface area contributed by atoms with Gasteiger partial charge in [0.15, 0.2) is 0 Å². The van der Waals surface area contributed by atoms with Crippen LogP contribution in [0.3, 0.4) is 0 Å². The molecule has 4 rings (SSSR count). The van der Waals surface area contributed by atoms with E-state index in [1.54, 1.807) is 18.9 Å². The van der Waals surface area contributed by atoms with Crippen LogP contribution in [0.5, 0.6) is 5.75 Å². The molecule has 5 heteroatoms. The highest BCUT2D eigenvalue weighted by atomic mass is 32.2. The second-order valence-corrected chi connectivity index (χ2v) is 8.18. The molecule has 2 N–H and O–H groups in total. The van der Waals surface area contributed by atoms with Crippen LogP contribution >= 0.6 is 11.8 Å². The molecule has 1 heterocycles. The molecule has 30 heavy (non-hydrogen) atoms. The molecule has 0 bridgehead atoms. The Morgan fingerprint density at radius 2 is 1.83 bits per heavy atom. The van der Waals surface area contributed by atoms with E-state index in [4.69, 9.17) is 4.74 Å². The van der Waals surface area contributed by atoms with E-state index in [1.807, 2.05) is 49.4 Å². The molecule has 3 aromatic carbocycles. The van der Waals surface area contributed by atoms with E-state index in [2.05, 4.69) is 40.6 Å². The summed E-state index contributed by atoms with van der Waals surface area (Å²) in [5.74, 6) is 1.58. The van der Waals surface area contributed by atoms with Crippen molar-refractivity contribution in [3.63, 3.8) is 0 Å². The van der Waals surface area contributed by atoms with Crippen molar-refractivity contribution in [1.29, 1.82) is 0 Å². The molecule has 1 aromatic heterocycles. The Kier molecular flexibility index (Phi) is 6.10. The zero-order valence-electron chi connectivity index (χ0n) is 17.1. The van der Waals surface area contributed by atoms with Crippen molar-refractivity contribution in [1.82, 2.24) is 10.3 Å². The van der Waals surface area contributed by atoms with Gasteiger partial charge in [-0.25, -0.2) is 0 Å². The maximum atomic E-state index is 12.4. The number of rotatable bonds is 7. The fourth-order valence-electron chi connectivity index (χ4n) is 3.43. The lowest BCUT2D eigenvalue weighted by atomic mass is 10.1. The number of hydrogen-bond donors (Lipinski definition) is 2. The van der Waals surface area contributed by atoms with Crippen molar-refractivity contribution < 1.29 is 9.53 Å². The van der Waals surface area contributed by atoms with Gasteiger partial charge in [0, 0.05) is 33.7 Å². The molecule has 0 aliphatic heterocycles. The lowest BCUT2D eigenvalue weighted by Crippen LogP contribution is -2.25. The molecular weight excluding hydrogens is 392 g/mol. The van der Waals surface area contributed by atoms with Gasteiger partial charge in [-0.3, -0.25) is 4.79 Å². The molecule has 0 saturated carbocycles. The van der Waals surface area contributed by atoms with Crippen molar-refractivity contribution in [2.24, 2.45) is 0 Å². The number of aromatic nitrogens is 1. The van der Waals surface area contributed by atoms with Gasteiger partial charge in [0.05, 0.1) is 12.8 Å². The SMILES string of the molecule is COc1ccc(-c2[nH]c3ccccc3c2SCCNC(=O)c2cccc(C)c2)cc1. The number of methoxy groups -OCH3 is 1. The summed E-state index contributed by atoms with van der Waals surface area (Å²) < 4.78 is 5.28. The van der Waals surface area contributed by atoms with Crippen molar-refractivity contribution >= 4 is 28.6 Å². The summed E-state index contributed by atoms with van der Waals surface area (Å²) in [5, 5.41) is 4.22. The number of benzene rings is 3. The van der Waals surface area contributed by atoms with Crippen molar-refractivity contribution in [2.75, 3.05) is 19.4 Å². The number of para-hydroxylation sites is 1. The maximum absolute atomic E-state index is 12.4. The van der Waals surface area contributed by atoms with E-state index in [1.165, 1.54) is 10.3 Å². The van der Waals surface area contributed by atoms with Crippen molar-refractivity contribution in [2.45, 2.75) is 11.8 Å². The predicted octanol–water partition coefficient (Wildman–Crippen LogP) is 5.67. The number of amides is 1. The third-order valence-electron chi connectivity index (χ3n) is 4.95. The molecule has 4 aromatic rings. The summed E-state index contributed by atoms with van der Waals surface area (Å²) in [6.07, 6.45) is 0. The fourth-order valence-corrected chi connectivity index (χ4v) is 4.49. The topological polar surface area (TPSA) is 54.1 Å². The number of ether oxygens (including phenoxy) is 1. The number of H-pyrrole nitrogens is 1. The molecule has 4 nitrogen and oxygen atoms in total. The zero-order valence-corrected chi connectivity index (χ0v) is 17.9. The molecule has 0 aliphatic rings.